The van der Waals surface area contributed by atoms with Gasteiger partial charge in [0.2, 0.25) is 0 Å². The second kappa shape index (κ2) is 16.3. The number of rotatable bonds is 16. The molecule has 1 rings (SSSR count). The molecule has 15 nitrogen and oxygen atoms in total. The first kappa shape index (κ1) is 30.6. The number of benzene rings is 1. The maximum Gasteiger partial charge on any atom is 0.407 e. The van der Waals surface area contributed by atoms with Crippen LogP contribution in [-0.4, -0.2) is 86.5 Å². The van der Waals surface area contributed by atoms with Gasteiger partial charge in [-0.2, -0.15) is 0 Å². The number of nitrogens with zero attached hydrogens (tertiary/aromatic N) is 1. The molecule has 0 aromatic heterocycles. The van der Waals surface area contributed by atoms with Gasteiger partial charge in [-0.05, 0) is 31.2 Å². The number of carbonyl (C=O) groups is 6. The minimum absolute atomic E-state index is 0.0640. The molecule has 0 aliphatic rings. The van der Waals surface area contributed by atoms with Gasteiger partial charge < -0.3 is 35.6 Å². The fraction of sp³-hybridized carbons (Fsp3) is 0.455. The number of hydroxylamine groups is 1. The van der Waals surface area contributed by atoms with Crippen LogP contribution >= 0.6 is 0 Å². The van der Waals surface area contributed by atoms with Gasteiger partial charge >= 0.3 is 30.0 Å². The average Bonchev–Trinajstić information content (AvgIpc) is 2.85. The van der Waals surface area contributed by atoms with E-state index in [4.69, 9.17) is 15.1 Å². The summed E-state index contributed by atoms with van der Waals surface area (Å²) in [5.41, 5.74) is 2.14. The van der Waals surface area contributed by atoms with Crippen molar-refractivity contribution in [3.05, 3.63) is 35.9 Å². The standard InChI is InChI=1S/C22H30N4O11/c27-17(28)10-9-15(20(32)33)24-21(34)26(12-18(29)30)16(19(31)25-36)8-4-5-11-23-22(35)37-13-14-6-2-1-3-7-14/h1-3,6-7,15-16,36H,4-5,8-13H2,(H,23,35)(H,24,34)(H,25,31)(H,27,28)(H,29,30)(H,32,33)/t15-,16-/m0/s1. The zero-order valence-corrected chi connectivity index (χ0v) is 19.8. The minimum Gasteiger partial charge on any atom is -0.481 e. The van der Waals surface area contributed by atoms with Crippen LogP contribution in [0.4, 0.5) is 9.59 Å². The van der Waals surface area contributed by atoms with Crippen LogP contribution in [0.5, 0.6) is 0 Å². The molecule has 2 atom stereocenters. The highest BCUT2D eigenvalue weighted by molar-refractivity contribution is 5.90. The van der Waals surface area contributed by atoms with E-state index >= 15 is 0 Å². The van der Waals surface area contributed by atoms with Gasteiger partial charge in [-0.15, -0.1) is 0 Å². The maximum atomic E-state index is 12.7. The van der Waals surface area contributed by atoms with Crippen LogP contribution in [0.2, 0.25) is 0 Å². The molecule has 37 heavy (non-hydrogen) atoms. The average molecular weight is 526 g/mol. The lowest BCUT2D eigenvalue weighted by atomic mass is 10.1. The number of hydrogen-bond donors (Lipinski definition) is 7. The minimum atomic E-state index is -1.66. The molecule has 0 saturated heterocycles. The Morgan fingerprint density at radius 3 is 2.16 bits per heavy atom. The molecule has 0 fully saturated rings. The molecule has 0 unspecified atom stereocenters. The predicted molar refractivity (Wildman–Crippen MR) is 123 cm³/mol. The summed E-state index contributed by atoms with van der Waals surface area (Å²) < 4.78 is 5.06. The molecular formula is C22H30N4O11. The molecule has 0 aliphatic heterocycles. The lowest BCUT2D eigenvalue weighted by molar-refractivity contribution is -0.141. The summed E-state index contributed by atoms with van der Waals surface area (Å²) in [6, 6.07) is 4.54. The molecule has 0 heterocycles. The van der Waals surface area contributed by atoms with E-state index in [0.29, 0.717) is 4.90 Å². The van der Waals surface area contributed by atoms with Crippen LogP contribution < -0.4 is 16.1 Å². The lowest BCUT2D eigenvalue weighted by Crippen LogP contribution is -2.56. The molecule has 0 saturated carbocycles. The van der Waals surface area contributed by atoms with Gasteiger partial charge in [0.15, 0.2) is 0 Å². The highest BCUT2D eigenvalue weighted by Gasteiger charge is 2.33. The Kier molecular flexibility index (Phi) is 13.5. The Hall–Kier alpha value is -4.40. The van der Waals surface area contributed by atoms with E-state index in [-0.39, 0.29) is 32.4 Å². The second-order valence-corrected chi connectivity index (χ2v) is 7.77. The van der Waals surface area contributed by atoms with E-state index in [0.717, 1.165) is 5.56 Å². The highest BCUT2D eigenvalue weighted by Crippen LogP contribution is 2.12. The van der Waals surface area contributed by atoms with Crippen molar-refractivity contribution in [2.75, 3.05) is 13.1 Å². The Bertz CT molecular complexity index is 942. The van der Waals surface area contributed by atoms with Gasteiger partial charge in [-0.1, -0.05) is 30.3 Å². The monoisotopic (exact) mass is 526 g/mol. The fourth-order valence-corrected chi connectivity index (χ4v) is 3.16. The SMILES string of the molecule is O=C(O)CC[C@H](NC(=O)N(CC(=O)O)[C@@H](CCCCNC(=O)OCc1ccccc1)C(=O)NO)C(=O)O. The number of carboxylic acid groups (broad SMARTS) is 3. The van der Waals surface area contributed by atoms with E-state index in [1.807, 2.05) is 11.4 Å². The molecule has 15 heteroatoms. The molecule has 0 aliphatic carbocycles. The van der Waals surface area contributed by atoms with E-state index in [1.165, 1.54) is 5.48 Å². The summed E-state index contributed by atoms with van der Waals surface area (Å²) in [5, 5.41) is 40.8. The first-order valence-electron chi connectivity index (χ1n) is 11.2. The van der Waals surface area contributed by atoms with Crippen molar-refractivity contribution in [1.29, 1.82) is 0 Å². The number of carbonyl (C=O) groups excluding carboxylic acids is 3. The van der Waals surface area contributed by atoms with Crippen LogP contribution in [-0.2, 0) is 30.5 Å². The largest absolute Gasteiger partial charge is 0.481 e. The molecule has 0 radical (unpaired) electrons. The van der Waals surface area contributed by atoms with Crippen molar-refractivity contribution >= 4 is 35.9 Å². The van der Waals surface area contributed by atoms with Crippen molar-refractivity contribution < 1.29 is 54.0 Å². The van der Waals surface area contributed by atoms with Gasteiger partial charge in [-0.25, -0.2) is 19.9 Å². The number of carboxylic acids is 3. The number of ether oxygens (including phenoxy) is 1. The molecule has 204 valence electrons. The summed E-state index contributed by atoms with van der Waals surface area (Å²) in [4.78, 5) is 70.6. The van der Waals surface area contributed by atoms with Crippen molar-refractivity contribution in [2.45, 2.75) is 50.8 Å². The molecule has 0 spiro atoms. The molecule has 7 N–H and O–H groups in total. The van der Waals surface area contributed by atoms with Crippen molar-refractivity contribution in [1.82, 2.24) is 21.0 Å². The molecule has 4 amide bonds. The van der Waals surface area contributed by atoms with Crippen molar-refractivity contribution in [3.63, 3.8) is 0 Å². The predicted octanol–water partition coefficient (Wildman–Crippen LogP) is 0.371. The number of hydrogen-bond acceptors (Lipinski definition) is 8. The van der Waals surface area contributed by atoms with Crippen molar-refractivity contribution in [2.24, 2.45) is 0 Å². The third-order valence-corrected chi connectivity index (χ3v) is 4.98. The van der Waals surface area contributed by atoms with E-state index in [1.54, 1.807) is 24.3 Å². The molecule has 0 bridgehead atoms. The van der Waals surface area contributed by atoms with Gasteiger partial charge in [0.1, 0.15) is 25.2 Å². The van der Waals surface area contributed by atoms with Crippen LogP contribution in [0, 0.1) is 0 Å². The summed E-state index contributed by atoms with van der Waals surface area (Å²) in [6.07, 6.45) is -1.43. The fourth-order valence-electron chi connectivity index (χ4n) is 3.16. The van der Waals surface area contributed by atoms with Gasteiger partial charge in [0.05, 0.1) is 0 Å². The van der Waals surface area contributed by atoms with Crippen LogP contribution in [0.1, 0.15) is 37.7 Å². The third kappa shape index (κ3) is 12.2. The Morgan fingerprint density at radius 1 is 0.919 bits per heavy atom. The molecule has 1 aromatic carbocycles. The zero-order valence-electron chi connectivity index (χ0n) is 19.8. The number of urea groups is 1. The molecule has 1 aromatic rings. The summed E-state index contributed by atoms with van der Waals surface area (Å²) in [7, 11) is 0. The van der Waals surface area contributed by atoms with Crippen LogP contribution in [0.25, 0.3) is 0 Å². The first-order chi connectivity index (χ1) is 17.5. The van der Waals surface area contributed by atoms with E-state index < -0.39 is 67.4 Å². The normalized spacial score (nSPS) is 11.9. The van der Waals surface area contributed by atoms with E-state index in [2.05, 4.69) is 5.32 Å². The lowest BCUT2D eigenvalue weighted by Gasteiger charge is -2.30. The van der Waals surface area contributed by atoms with Crippen LogP contribution in [0.3, 0.4) is 0 Å². The maximum absolute atomic E-state index is 12.7. The number of nitrogens with one attached hydrogen (secondary N) is 3. The third-order valence-electron chi connectivity index (χ3n) is 4.98. The first-order valence-corrected chi connectivity index (χ1v) is 11.2. The highest BCUT2D eigenvalue weighted by atomic mass is 16.5. The number of amides is 4. The van der Waals surface area contributed by atoms with Gasteiger partial charge in [0, 0.05) is 13.0 Å². The number of aliphatic carboxylic acids is 3. The van der Waals surface area contributed by atoms with Gasteiger partial charge in [0.25, 0.3) is 5.91 Å². The Labute approximate surface area is 211 Å². The summed E-state index contributed by atoms with van der Waals surface area (Å²) in [6.45, 7) is -0.823. The smallest absolute Gasteiger partial charge is 0.407 e. The Balaban J connectivity index is 2.70. The van der Waals surface area contributed by atoms with E-state index in [9.17, 15) is 39.0 Å². The Morgan fingerprint density at radius 2 is 1.59 bits per heavy atom. The second-order valence-electron chi connectivity index (χ2n) is 7.77. The topological polar surface area (TPSA) is 232 Å². The van der Waals surface area contributed by atoms with Crippen LogP contribution in [0.15, 0.2) is 30.3 Å². The number of unbranched alkanes of at least 4 members (excludes halogenated alkanes) is 1. The van der Waals surface area contributed by atoms with Gasteiger partial charge in [-0.3, -0.25) is 19.6 Å². The number of alkyl carbamates (subject to hydrolysis) is 1. The molecular weight excluding hydrogens is 496 g/mol. The quantitative estimate of drug-likeness (QED) is 0.0883. The van der Waals surface area contributed by atoms with Crippen molar-refractivity contribution in [3.8, 4) is 0 Å². The summed E-state index contributed by atoms with van der Waals surface area (Å²) in [5.74, 6) is -5.51. The summed E-state index contributed by atoms with van der Waals surface area (Å²) >= 11 is 0. The zero-order chi connectivity index (χ0) is 27.8.